The van der Waals surface area contributed by atoms with Crippen LogP contribution in [0.3, 0.4) is 0 Å². The first-order chi connectivity index (χ1) is 9.81. The van der Waals surface area contributed by atoms with Gasteiger partial charge in [0.25, 0.3) is 0 Å². The summed E-state index contributed by atoms with van der Waals surface area (Å²) in [5.74, 6) is 0.518. The van der Waals surface area contributed by atoms with Crippen molar-refractivity contribution in [3.8, 4) is 0 Å². The van der Waals surface area contributed by atoms with Gasteiger partial charge >= 0.3 is 0 Å². The molecule has 21 heavy (non-hydrogen) atoms. The Kier molecular flexibility index (Phi) is 6.69. The minimum absolute atomic E-state index is 0.127. The minimum atomic E-state index is 0.127. The van der Waals surface area contributed by atoms with Gasteiger partial charge < -0.3 is 15.1 Å². The zero-order chi connectivity index (χ0) is 16.0. The van der Waals surface area contributed by atoms with Crippen molar-refractivity contribution in [2.24, 2.45) is 5.92 Å². The Morgan fingerprint density at radius 1 is 1.10 bits per heavy atom. The highest BCUT2D eigenvalue weighted by Gasteiger charge is 2.15. The highest BCUT2D eigenvalue weighted by Crippen LogP contribution is 2.21. The van der Waals surface area contributed by atoms with E-state index in [1.54, 1.807) is 0 Å². The van der Waals surface area contributed by atoms with E-state index in [0.29, 0.717) is 18.9 Å². The van der Waals surface area contributed by atoms with Gasteiger partial charge in [-0.2, -0.15) is 0 Å². The lowest BCUT2D eigenvalue weighted by Crippen LogP contribution is -2.35. The third kappa shape index (κ3) is 5.76. The highest BCUT2D eigenvalue weighted by atomic mass is 16.1. The van der Waals surface area contributed by atoms with Crippen LogP contribution >= 0.6 is 0 Å². The quantitative estimate of drug-likeness (QED) is 0.838. The number of amides is 1. The van der Waals surface area contributed by atoms with Gasteiger partial charge in [0.2, 0.25) is 5.91 Å². The fourth-order valence-corrected chi connectivity index (χ4v) is 2.25. The van der Waals surface area contributed by atoms with Crippen LogP contribution in [0.1, 0.15) is 31.9 Å². The van der Waals surface area contributed by atoms with Crippen LogP contribution < -0.4 is 10.2 Å². The molecule has 0 fully saturated rings. The van der Waals surface area contributed by atoms with Crippen LogP contribution in [0.25, 0.3) is 0 Å². The fraction of sp³-hybridized carbons (Fsp3) is 0.588. The van der Waals surface area contributed by atoms with Crippen molar-refractivity contribution in [3.05, 3.63) is 29.8 Å². The van der Waals surface area contributed by atoms with E-state index in [-0.39, 0.29) is 11.9 Å². The number of anilines is 1. The van der Waals surface area contributed by atoms with E-state index in [9.17, 15) is 4.79 Å². The maximum absolute atomic E-state index is 11.8. The molecule has 4 nitrogen and oxygen atoms in total. The lowest BCUT2D eigenvalue weighted by Gasteiger charge is -2.26. The zero-order valence-electron chi connectivity index (χ0n) is 14.2. The SMILES string of the molecule is CC(C)CC(=O)NCC(c1ccc(N(C)C)cc1)N(C)C. The molecule has 0 bridgehead atoms. The van der Waals surface area contributed by atoms with Gasteiger partial charge in [0.1, 0.15) is 0 Å². The number of nitrogens with one attached hydrogen (secondary N) is 1. The average molecular weight is 291 g/mol. The predicted octanol–water partition coefficient (Wildman–Crippen LogP) is 2.52. The third-order valence-corrected chi connectivity index (χ3v) is 3.50. The molecule has 118 valence electrons. The molecule has 1 N–H and O–H groups in total. The van der Waals surface area contributed by atoms with E-state index in [0.717, 1.165) is 0 Å². The Labute approximate surface area is 129 Å². The highest BCUT2D eigenvalue weighted by molar-refractivity contribution is 5.76. The van der Waals surface area contributed by atoms with Gasteiger partial charge in [-0.15, -0.1) is 0 Å². The molecule has 1 atom stereocenters. The molecule has 0 aromatic heterocycles. The van der Waals surface area contributed by atoms with Crippen LogP contribution in [0, 0.1) is 5.92 Å². The van der Waals surface area contributed by atoms with Crippen LogP contribution in [0.4, 0.5) is 5.69 Å². The van der Waals surface area contributed by atoms with E-state index < -0.39 is 0 Å². The minimum Gasteiger partial charge on any atom is -0.378 e. The Balaban J connectivity index is 2.71. The molecule has 4 heteroatoms. The predicted molar refractivity (Wildman–Crippen MR) is 89.7 cm³/mol. The van der Waals surface area contributed by atoms with Crippen molar-refractivity contribution in [1.29, 1.82) is 0 Å². The average Bonchev–Trinajstić information content (AvgIpc) is 2.38. The number of likely N-dealkylation sites (N-methyl/N-ethyl adjacent to an activating group) is 1. The first-order valence-corrected chi connectivity index (χ1v) is 7.51. The van der Waals surface area contributed by atoms with Crippen molar-refractivity contribution in [2.75, 3.05) is 39.6 Å². The van der Waals surface area contributed by atoms with Crippen LogP contribution in [-0.4, -0.2) is 45.5 Å². The normalized spacial score (nSPS) is 12.6. The lowest BCUT2D eigenvalue weighted by molar-refractivity contribution is -0.122. The molecule has 1 rings (SSSR count). The Morgan fingerprint density at radius 2 is 1.67 bits per heavy atom. The number of hydrogen-bond donors (Lipinski definition) is 1. The Morgan fingerprint density at radius 3 is 2.10 bits per heavy atom. The number of rotatable bonds is 7. The molecule has 0 spiro atoms. The van der Waals surface area contributed by atoms with E-state index in [4.69, 9.17) is 0 Å². The van der Waals surface area contributed by atoms with E-state index in [2.05, 4.69) is 53.2 Å². The Bertz CT molecular complexity index is 438. The first-order valence-electron chi connectivity index (χ1n) is 7.51. The van der Waals surface area contributed by atoms with Crippen molar-refractivity contribution in [3.63, 3.8) is 0 Å². The standard InChI is InChI=1S/C17H29N3O/c1-13(2)11-17(21)18-12-16(20(5)6)14-7-9-15(10-8-14)19(3)4/h7-10,13,16H,11-12H2,1-6H3,(H,18,21). The molecule has 1 aromatic rings. The van der Waals surface area contributed by atoms with Crippen molar-refractivity contribution in [2.45, 2.75) is 26.3 Å². The second-order valence-electron chi connectivity index (χ2n) is 6.37. The van der Waals surface area contributed by atoms with Gasteiger partial charge in [0.05, 0.1) is 6.04 Å². The summed E-state index contributed by atoms with van der Waals surface area (Å²) in [7, 11) is 8.15. The van der Waals surface area contributed by atoms with Crippen LogP contribution in [0.15, 0.2) is 24.3 Å². The van der Waals surface area contributed by atoms with Crippen LogP contribution in [-0.2, 0) is 4.79 Å². The number of carbonyl (C=O) groups excluding carboxylic acids is 1. The van der Waals surface area contributed by atoms with Gasteiger partial charge in [-0.3, -0.25) is 4.79 Å². The largest absolute Gasteiger partial charge is 0.378 e. The fourth-order valence-electron chi connectivity index (χ4n) is 2.25. The van der Waals surface area contributed by atoms with Gasteiger partial charge in [-0.1, -0.05) is 26.0 Å². The van der Waals surface area contributed by atoms with Crippen molar-refractivity contribution in [1.82, 2.24) is 10.2 Å². The maximum Gasteiger partial charge on any atom is 0.220 e. The number of carbonyl (C=O) groups is 1. The van der Waals surface area contributed by atoms with E-state index >= 15 is 0 Å². The molecule has 0 aliphatic rings. The van der Waals surface area contributed by atoms with Crippen LogP contribution in [0.5, 0.6) is 0 Å². The molecule has 0 aliphatic carbocycles. The molecule has 0 saturated carbocycles. The Hall–Kier alpha value is -1.55. The summed E-state index contributed by atoms with van der Waals surface area (Å²) in [6.07, 6.45) is 0.583. The molecular formula is C17H29N3O. The number of benzene rings is 1. The molecular weight excluding hydrogens is 262 g/mol. The van der Waals surface area contributed by atoms with Gasteiger partial charge in [0.15, 0.2) is 0 Å². The summed E-state index contributed by atoms with van der Waals surface area (Å²) in [6, 6.07) is 8.68. The van der Waals surface area contributed by atoms with Gasteiger partial charge in [-0.25, -0.2) is 0 Å². The number of hydrogen-bond acceptors (Lipinski definition) is 3. The molecule has 0 saturated heterocycles. The molecule has 0 heterocycles. The molecule has 1 aromatic carbocycles. The second-order valence-corrected chi connectivity index (χ2v) is 6.37. The molecule has 1 amide bonds. The summed E-state index contributed by atoms with van der Waals surface area (Å²) in [6.45, 7) is 4.76. The van der Waals surface area contributed by atoms with Gasteiger partial charge in [-0.05, 0) is 37.7 Å². The summed E-state index contributed by atoms with van der Waals surface area (Å²) in [5, 5.41) is 3.04. The van der Waals surface area contributed by atoms with Crippen molar-refractivity contribution >= 4 is 11.6 Å². The summed E-state index contributed by atoms with van der Waals surface area (Å²) in [4.78, 5) is 16.0. The lowest BCUT2D eigenvalue weighted by atomic mass is 10.0. The molecule has 0 radical (unpaired) electrons. The molecule has 1 unspecified atom stereocenters. The van der Waals surface area contributed by atoms with E-state index in [1.165, 1.54) is 11.3 Å². The van der Waals surface area contributed by atoms with Crippen molar-refractivity contribution < 1.29 is 4.79 Å². The summed E-state index contributed by atoms with van der Waals surface area (Å²) in [5.41, 5.74) is 2.40. The first kappa shape index (κ1) is 17.5. The van der Waals surface area contributed by atoms with Crippen LogP contribution in [0.2, 0.25) is 0 Å². The zero-order valence-corrected chi connectivity index (χ0v) is 14.2. The maximum atomic E-state index is 11.8. The smallest absolute Gasteiger partial charge is 0.220 e. The monoisotopic (exact) mass is 291 g/mol. The molecule has 0 aliphatic heterocycles. The van der Waals surface area contributed by atoms with E-state index in [1.807, 2.05) is 28.2 Å². The third-order valence-electron chi connectivity index (χ3n) is 3.50. The van der Waals surface area contributed by atoms with Gasteiger partial charge in [0, 0.05) is 32.7 Å². The second kappa shape index (κ2) is 8.03. The summed E-state index contributed by atoms with van der Waals surface area (Å²) < 4.78 is 0. The number of nitrogens with zero attached hydrogens (tertiary/aromatic N) is 2. The summed E-state index contributed by atoms with van der Waals surface area (Å²) >= 11 is 0. The topological polar surface area (TPSA) is 35.6 Å².